The highest BCUT2D eigenvalue weighted by Gasteiger charge is 2.32. The van der Waals surface area contributed by atoms with E-state index in [4.69, 9.17) is 15.2 Å². The summed E-state index contributed by atoms with van der Waals surface area (Å²) < 4.78 is 14.1. The molecule has 0 radical (unpaired) electrons. The molecule has 12 heteroatoms. The van der Waals surface area contributed by atoms with Crippen LogP contribution in [-0.2, 0) is 11.0 Å². The van der Waals surface area contributed by atoms with E-state index in [1.165, 1.54) is 7.11 Å². The average molecular weight is 650 g/mol. The van der Waals surface area contributed by atoms with Crippen LogP contribution in [0.25, 0.3) is 5.65 Å². The van der Waals surface area contributed by atoms with Gasteiger partial charge in [0.2, 0.25) is 0 Å². The number of nitrogens with two attached hydrogens (primary N) is 1. The number of hydrogen-bond donors (Lipinski definition) is 3. The summed E-state index contributed by atoms with van der Waals surface area (Å²) in [7, 11) is 5.48. The van der Waals surface area contributed by atoms with E-state index >= 15 is 0 Å². The van der Waals surface area contributed by atoms with Crippen molar-refractivity contribution in [2.45, 2.75) is 70.6 Å². The molecule has 0 spiro atoms. The first-order valence-corrected chi connectivity index (χ1v) is 15.1. The van der Waals surface area contributed by atoms with Crippen molar-refractivity contribution in [2.24, 2.45) is 5.73 Å². The van der Waals surface area contributed by atoms with Crippen molar-refractivity contribution in [3.63, 3.8) is 0 Å². The van der Waals surface area contributed by atoms with Gasteiger partial charge in [-0.3, -0.25) is 14.1 Å². The number of fused-ring (bicyclic) bond motifs is 2. The minimum atomic E-state index is -0.630. The summed E-state index contributed by atoms with van der Waals surface area (Å²) in [6.07, 6.45) is 3.08. The molecule has 0 unspecified atom stereocenters. The van der Waals surface area contributed by atoms with Crippen LogP contribution in [-0.4, -0.2) is 52.6 Å². The Hall–Kier alpha value is -4.35. The van der Waals surface area contributed by atoms with E-state index < -0.39 is 11.9 Å². The number of ether oxygens (including phenoxy) is 2. The number of pyridine rings is 1. The number of urea groups is 1. The zero-order chi connectivity index (χ0) is 32.7. The third-order valence-electron chi connectivity index (χ3n) is 8.73. The van der Waals surface area contributed by atoms with E-state index in [9.17, 15) is 9.59 Å². The van der Waals surface area contributed by atoms with Gasteiger partial charge in [0.1, 0.15) is 11.9 Å². The number of benzene rings is 2. The molecule has 0 bridgehead atoms. The van der Waals surface area contributed by atoms with E-state index in [0.717, 1.165) is 28.2 Å². The molecular formula is C34H44ClN7O4. The molecule has 0 saturated heterocycles. The highest BCUT2D eigenvalue weighted by atomic mass is 35.5. The quantitative estimate of drug-likeness (QED) is 0.209. The average Bonchev–Trinajstić information content (AvgIpc) is 3.41. The monoisotopic (exact) mass is 649 g/mol. The van der Waals surface area contributed by atoms with Gasteiger partial charge in [-0.15, -0.1) is 22.6 Å². The number of methoxy groups -OCH3 is 1. The lowest BCUT2D eigenvalue weighted by atomic mass is 9.85. The molecule has 1 aliphatic carbocycles. The van der Waals surface area contributed by atoms with Crippen LogP contribution in [0, 0.1) is 0 Å². The second-order valence-electron chi connectivity index (χ2n) is 13.3. The van der Waals surface area contributed by atoms with Crippen LogP contribution >= 0.6 is 12.4 Å². The van der Waals surface area contributed by atoms with Crippen LogP contribution < -0.4 is 25.8 Å². The van der Waals surface area contributed by atoms with Crippen LogP contribution in [0.2, 0.25) is 0 Å². The predicted octanol–water partition coefficient (Wildman–Crippen LogP) is 6.13. The van der Waals surface area contributed by atoms with Gasteiger partial charge < -0.3 is 25.8 Å². The molecule has 2 heterocycles. The van der Waals surface area contributed by atoms with Gasteiger partial charge in [0.05, 0.1) is 36.1 Å². The van der Waals surface area contributed by atoms with Crippen molar-refractivity contribution in [1.82, 2.24) is 24.8 Å². The topological polar surface area (TPSA) is 136 Å². The van der Waals surface area contributed by atoms with E-state index in [-0.39, 0.29) is 46.8 Å². The molecule has 5 rings (SSSR count). The molecule has 0 fully saturated rings. The van der Waals surface area contributed by atoms with E-state index in [1.807, 2.05) is 87.9 Å². The Morgan fingerprint density at radius 2 is 1.70 bits per heavy atom. The van der Waals surface area contributed by atoms with Crippen molar-refractivity contribution in [1.29, 1.82) is 0 Å². The summed E-state index contributed by atoms with van der Waals surface area (Å²) >= 11 is 0. The van der Waals surface area contributed by atoms with Crippen LogP contribution in [0.1, 0.15) is 92.5 Å². The smallest absolute Gasteiger partial charge is 0.319 e. The van der Waals surface area contributed by atoms with Crippen molar-refractivity contribution in [2.75, 3.05) is 26.5 Å². The highest BCUT2D eigenvalue weighted by molar-refractivity contribution is 6.00. The lowest BCUT2D eigenvalue weighted by molar-refractivity contribution is 0.0997. The van der Waals surface area contributed by atoms with Gasteiger partial charge in [0.15, 0.2) is 17.2 Å². The molecule has 11 nitrogen and oxygen atoms in total. The second kappa shape index (κ2) is 13.2. The van der Waals surface area contributed by atoms with Crippen molar-refractivity contribution >= 4 is 35.7 Å². The van der Waals surface area contributed by atoms with Gasteiger partial charge >= 0.3 is 6.03 Å². The number of hydrogen-bond acceptors (Lipinski definition) is 7. The third kappa shape index (κ3) is 6.75. The third-order valence-corrected chi connectivity index (χ3v) is 8.73. The number of carbonyl (C=O) groups is 2. The summed E-state index contributed by atoms with van der Waals surface area (Å²) in [6, 6.07) is 14.7. The van der Waals surface area contributed by atoms with Gasteiger partial charge in [-0.1, -0.05) is 45.0 Å². The number of carbonyl (C=O) groups excluding carboxylic acids is 2. The van der Waals surface area contributed by atoms with Crippen LogP contribution in [0.15, 0.2) is 54.7 Å². The summed E-state index contributed by atoms with van der Waals surface area (Å²) in [5.41, 5.74) is 9.21. The van der Waals surface area contributed by atoms with Gasteiger partial charge in [0.25, 0.3) is 5.91 Å². The van der Waals surface area contributed by atoms with E-state index in [1.54, 1.807) is 6.07 Å². The number of rotatable bonds is 8. The Labute approximate surface area is 276 Å². The van der Waals surface area contributed by atoms with Crippen molar-refractivity contribution in [3.8, 4) is 11.5 Å². The standard InChI is InChI=1S/C34H43N7O4.ClH/c1-33(2,3)20-17-24(30(35)42)29(44-8)26(18-20)37-32(43)36-25-14-15-27(23-12-10-9-11-22(23)25)45-21-13-16-28-38-39-31(41(28)19-21)34(4,5)40(6)7;/h9-13,16-19,25,27H,14-15H2,1-8H3,(H2,35,42)(H2,36,37,43);1H/t25-,27+;/m0./s1. The maximum absolute atomic E-state index is 13.4. The minimum Gasteiger partial charge on any atom is -0.494 e. The Balaban J connectivity index is 0.00000480. The van der Waals surface area contributed by atoms with E-state index in [0.29, 0.717) is 24.3 Å². The maximum atomic E-state index is 13.4. The van der Waals surface area contributed by atoms with E-state index in [2.05, 4.69) is 39.6 Å². The van der Waals surface area contributed by atoms with Gasteiger partial charge in [-0.2, -0.15) is 0 Å². The number of aromatic nitrogens is 3. The summed E-state index contributed by atoms with van der Waals surface area (Å²) in [6.45, 7) is 10.3. The summed E-state index contributed by atoms with van der Waals surface area (Å²) in [5, 5.41) is 14.8. The zero-order valence-corrected chi connectivity index (χ0v) is 28.5. The molecule has 2 aromatic carbocycles. The lowest BCUT2D eigenvalue weighted by Gasteiger charge is -2.32. The number of nitrogens with zero attached hydrogens (tertiary/aromatic N) is 4. The molecule has 0 aliphatic heterocycles. The van der Waals surface area contributed by atoms with Gasteiger partial charge in [0, 0.05) is 0 Å². The molecule has 4 N–H and O–H groups in total. The SMILES string of the molecule is COc1c(NC(=O)N[C@H]2CC[C@@H](Oc3ccc4nnc(C(C)(C)N(C)C)n4c3)c3ccccc32)cc(C(C)(C)C)cc1C(N)=O.Cl. The van der Waals surface area contributed by atoms with Gasteiger partial charge in [-0.05, 0) is 87.2 Å². The second-order valence-corrected chi connectivity index (χ2v) is 13.3. The number of primary amides is 1. The molecule has 1 aliphatic rings. The lowest BCUT2D eigenvalue weighted by Crippen LogP contribution is -2.37. The predicted molar refractivity (Wildman–Crippen MR) is 181 cm³/mol. The molecule has 246 valence electrons. The first kappa shape index (κ1) is 34.5. The molecule has 2 atom stereocenters. The number of amides is 3. The van der Waals surface area contributed by atoms with Crippen LogP contribution in [0.4, 0.5) is 10.5 Å². The number of anilines is 1. The van der Waals surface area contributed by atoms with Crippen molar-refractivity contribution < 1.29 is 19.1 Å². The molecule has 3 amide bonds. The fraction of sp³-hybridized carbons (Fsp3) is 0.412. The summed E-state index contributed by atoms with van der Waals surface area (Å²) in [5.74, 6) is 1.12. The highest BCUT2D eigenvalue weighted by Crippen LogP contribution is 2.40. The van der Waals surface area contributed by atoms with Crippen LogP contribution in [0.3, 0.4) is 0 Å². The maximum Gasteiger partial charge on any atom is 0.319 e. The molecular weight excluding hydrogens is 606 g/mol. The van der Waals surface area contributed by atoms with Gasteiger partial charge in [-0.25, -0.2) is 4.79 Å². The Morgan fingerprint density at radius 1 is 1.00 bits per heavy atom. The zero-order valence-electron chi connectivity index (χ0n) is 27.7. The fourth-order valence-corrected chi connectivity index (χ4v) is 5.62. The number of halogens is 1. The molecule has 46 heavy (non-hydrogen) atoms. The first-order valence-electron chi connectivity index (χ1n) is 15.1. The molecule has 0 saturated carbocycles. The fourth-order valence-electron chi connectivity index (χ4n) is 5.62. The Kier molecular flexibility index (Phi) is 9.89. The molecule has 2 aromatic heterocycles. The van der Waals surface area contributed by atoms with Crippen molar-refractivity contribution in [3.05, 3.63) is 82.8 Å². The molecule has 4 aromatic rings. The number of nitrogens with one attached hydrogen (secondary N) is 2. The normalized spacial score (nSPS) is 16.4. The Bertz CT molecular complexity index is 1750. The largest absolute Gasteiger partial charge is 0.494 e. The minimum absolute atomic E-state index is 0. The Morgan fingerprint density at radius 3 is 2.33 bits per heavy atom. The van der Waals surface area contributed by atoms with Crippen LogP contribution in [0.5, 0.6) is 11.5 Å². The first-order chi connectivity index (χ1) is 21.2. The summed E-state index contributed by atoms with van der Waals surface area (Å²) in [4.78, 5) is 27.7.